The third-order valence-corrected chi connectivity index (χ3v) is 4.15. The Morgan fingerprint density at radius 2 is 2.14 bits per heavy atom. The average molecular weight is 288 g/mol. The summed E-state index contributed by atoms with van der Waals surface area (Å²) in [4.78, 5) is 2.50. The molecule has 2 N–H and O–H groups in total. The zero-order chi connectivity index (χ0) is 15.1. The van der Waals surface area contributed by atoms with E-state index < -0.39 is 0 Å². The maximum Gasteiger partial charge on any atom is 0.124 e. The van der Waals surface area contributed by atoms with E-state index in [1.807, 2.05) is 6.07 Å². The highest BCUT2D eigenvalue weighted by Gasteiger charge is 2.19. The lowest BCUT2D eigenvalue weighted by atomic mass is 10.1. The minimum Gasteiger partial charge on any atom is -0.320 e. The molecule has 1 heterocycles. The molecule has 0 amide bonds. The lowest BCUT2D eigenvalue weighted by Gasteiger charge is -2.29. The van der Waals surface area contributed by atoms with Crippen molar-refractivity contribution in [2.24, 2.45) is 5.73 Å². The van der Waals surface area contributed by atoms with E-state index in [9.17, 15) is 4.39 Å². The molecule has 0 bridgehead atoms. The van der Waals surface area contributed by atoms with Crippen LogP contribution in [0.4, 0.5) is 4.39 Å². The fourth-order valence-corrected chi connectivity index (χ4v) is 3.11. The van der Waals surface area contributed by atoms with Crippen molar-refractivity contribution in [2.75, 3.05) is 13.1 Å². The smallest absolute Gasteiger partial charge is 0.124 e. The van der Waals surface area contributed by atoms with Gasteiger partial charge in [-0.2, -0.15) is 0 Å². The van der Waals surface area contributed by atoms with E-state index in [0.29, 0.717) is 12.6 Å². The van der Waals surface area contributed by atoms with Gasteiger partial charge >= 0.3 is 0 Å². The van der Waals surface area contributed by atoms with Gasteiger partial charge in [0.2, 0.25) is 0 Å². The summed E-state index contributed by atoms with van der Waals surface area (Å²) in [6.07, 6.45) is 6.28. The van der Waals surface area contributed by atoms with Crippen LogP contribution in [0, 0.1) is 17.7 Å². The number of hydrogen-bond acceptors (Lipinski definition) is 2. The van der Waals surface area contributed by atoms with Crippen molar-refractivity contribution >= 4 is 0 Å². The van der Waals surface area contributed by atoms with Gasteiger partial charge in [0.1, 0.15) is 5.82 Å². The average Bonchev–Trinajstić information content (AvgIpc) is 2.69. The molecule has 2 rings (SSSR count). The molecule has 2 nitrogen and oxygen atoms in total. The van der Waals surface area contributed by atoms with E-state index in [4.69, 9.17) is 5.73 Å². The summed E-state index contributed by atoms with van der Waals surface area (Å²) in [5.41, 5.74) is 7.11. The van der Waals surface area contributed by atoms with E-state index in [-0.39, 0.29) is 5.82 Å². The Hall–Kier alpha value is -1.37. The van der Waals surface area contributed by atoms with Gasteiger partial charge in [0, 0.05) is 18.2 Å². The Labute approximate surface area is 127 Å². The highest BCUT2D eigenvalue weighted by atomic mass is 19.1. The number of hydrogen-bond donors (Lipinski definition) is 1. The fraction of sp³-hybridized carbons (Fsp3) is 0.556. The fourth-order valence-electron chi connectivity index (χ4n) is 3.11. The molecule has 1 fully saturated rings. The van der Waals surface area contributed by atoms with Crippen LogP contribution in [-0.4, -0.2) is 24.0 Å². The molecule has 1 aromatic rings. The van der Waals surface area contributed by atoms with Crippen molar-refractivity contribution in [3.8, 4) is 11.8 Å². The van der Waals surface area contributed by atoms with Crippen LogP contribution in [0.15, 0.2) is 18.2 Å². The van der Waals surface area contributed by atoms with Crippen LogP contribution in [0.2, 0.25) is 0 Å². The Bertz CT molecular complexity index is 516. The lowest BCUT2D eigenvalue weighted by Crippen LogP contribution is -2.33. The molecule has 1 atom stereocenters. The van der Waals surface area contributed by atoms with Gasteiger partial charge in [-0.05, 0) is 49.6 Å². The highest BCUT2D eigenvalue weighted by molar-refractivity contribution is 5.38. The molecular formula is C18H25FN2. The number of likely N-dealkylation sites (tertiary alicyclic amines) is 1. The molecule has 1 saturated heterocycles. The molecular weight excluding hydrogens is 263 g/mol. The van der Waals surface area contributed by atoms with Gasteiger partial charge in [-0.15, -0.1) is 0 Å². The second-order valence-electron chi connectivity index (χ2n) is 5.74. The largest absolute Gasteiger partial charge is 0.320 e. The zero-order valence-corrected chi connectivity index (χ0v) is 12.9. The van der Waals surface area contributed by atoms with Crippen LogP contribution in [-0.2, 0) is 6.54 Å². The summed E-state index contributed by atoms with van der Waals surface area (Å²) in [5, 5.41) is 0. The normalized spacial score (nSPS) is 19.7. The van der Waals surface area contributed by atoms with Crippen LogP contribution >= 0.6 is 0 Å². The second kappa shape index (κ2) is 8.17. The second-order valence-corrected chi connectivity index (χ2v) is 5.74. The van der Waals surface area contributed by atoms with Crippen LogP contribution in [0.5, 0.6) is 0 Å². The van der Waals surface area contributed by atoms with Gasteiger partial charge in [0.05, 0.1) is 6.54 Å². The van der Waals surface area contributed by atoms with Crippen molar-refractivity contribution in [1.82, 2.24) is 4.90 Å². The van der Waals surface area contributed by atoms with Gasteiger partial charge < -0.3 is 5.73 Å². The molecule has 3 heteroatoms. The van der Waals surface area contributed by atoms with Crippen LogP contribution in [0.1, 0.15) is 50.2 Å². The lowest BCUT2D eigenvalue weighted by molar-refractivity contribution is 0.186. The first-order valence-corrected chi connectivity index (χ1v) is 7.95. The number of rotatable bonds is 3. The quantitative estimate of drug-likeness (QED) is 0.865. The van der Waals surface area contributed by atoms with Crippen molar-refractivity contribution in [3.05, 3.63) is 35.1 Å². The molecule has 1 aromatic carbocycles. The van der Waals surface area contributed by atoms with Gasteiger partial charge in [-0.25, -0.2) is 4.39 Å². The van der Waals surface area contributed by atoms with Crippen LogP contribution in [0.25, 0.3) is 0 Å². The van der Waals surface area contributed by atoms with Crippen LogP contribution < -0.4 is 5.73 Å². The summed E-state index contributed by atoms with van der Waals surface area (Å²) in [7, 11) is 0. The minimum atomic E-state index is -0.211. The minimum absolute atomic E-state index is 0.211. The Kier molecular flexibility index (Phi) is 6.22. The monoisotopic (exact) mass is 288 g/mol. The van der Waals surface area contributed by atoms with Gasteiger partial charge in [-0.1, -0.05) is 31.6 Å². The van der Waals surface area contributed by atoms with Gasteiger partial charge in [0.25, 0.3) is 0 Å². The molecule has 0 aromatic heterocycles. The molecule has 1 aliphatic rings. The van der Waals surface area contributed by atoms with E-state index >= 15 is 0 Å². The van der Waals surface area contributed by atoms with Crippen molar-refractivity contribution < 1.29 is 4.39 Å². The number of halogens is 1. The first-order valence-electron chi connectivity index (χ1n) is 7.95. The third-order valence-electron chi connectivity index (χ3n) is 4.15. The Morgan fingerprint density at radius 1 is 1.29 bits per heavy atom. The van der Waals surface area contributed by atoms with E-state index in [2.05, 4.69) is 23.7 Å². The number of nitrogens with two attached hydrogens (primary N) is 1. The highest BCUT2D eigenvalue weighted by Crippen LogP contribution is 2.22. The topological polar surface area (TPSA) is 29.3 Å². The predicted molar refractivity (Wildman–Crippen MR) is 85.3 cm³/mol. The number of benzene rings is 1. The zero-order valence-electron chi connectivity index (χ0n) is 12.9. The third kappa shape index (κ3) is 4.84. The molecule has 1 aliphatic heterocycles. The Morgan fingerprint density at radius 3 is 2.90 bits per heavy atom. The first-order chi connectivity index (χ1) is 10.2. The Balaban J connectivity index is 2.15. The molecule has 0 aliphatic carbocycles. The molecule has 0 spiro atoms. The summed E-state index contributed by atoms with van der Waals surface area (Å²) < 4.78 is 13.8. The molecule has 1 unspecified atom stereocenters. The molecule has 21 heavy (non-hydrogen) atoms. The molecule has 0 saturated carbocycles. The summed E-state index contributed by atoms with van der Waals surface area (Å²) in [6.45, 7) is 4.47. The van der Waals surface area contributed by atoms with E-state index in [1.165, 1.54) is 31.7 Å². The maximum absolute atomic E-state index is 13.8. The van der Waals surface area contributed by atoms with Gasteiger partial charge in [-0.3, -0.25) is 4.90 Å². The van der Waals surface area contributed by atoms with E-state index in [0.717, 1.165) is 30.6 Å². The summed E-state index contributed by atoms with van der Waals surface area (Å²) in [5.74, 6) is 5.51. The van der Waals surface area contributed by atoms with Crippen molar-refractivity contribution in [2.45, 2.75) is 51.6 Å². The van der Waals surface area contributed by atoms with E-state index in [1.54, 1.807) is 6.07 Å². The van der Waals surface area contributed by atoms with Crippen LogP contribution in [0.3, 0.4) is 0 Å². The SMILES string of the molecule is CCC1CCCCCN1Cc1cc(F)cc(C#CCN)c1. The predicted octanol–water partition coefficient (Wildman–Crippen LogP) is 3.29. The number of nitrogens with zero attached hydrogens (tertiary/aromatic N) is 1. The standard InChI is InChI=1S/C18H25FN2/c1-2-18-8-4-3-5-10-21(18)14-16-11-15(7-6-9-20)12-17(19)13-16/h11-13,18H,2-5,8-10,14,20H2,1H3. The molecule has 114 valence electrons. The van der Waals surface area contributed by atoms with Crippen molar-refractivity contribution in [3.63, 3.8) is 0 Å². The molecule has 0 radical (unpaired) electrons. The summed E-state index contributed by atoms with van der Waals surface area (Å²) in [6, 6.07) is 5.72. The first kappa shape index (κ1) is 16.0. The van der Waals surface area contributed by atoms with Gasteiger partial charge in [0.15, 0.2) is 0 Å². The van der Waals surface area contributed by atoms with Crippen molar-refractivity contribution in [1.29, 1.82) is 0 Å². The maximum atomic E-state index is 13.8. The summed E-state index contributed by atoms with van der Waals surface area (Å²) >= 11 is 0.